The van der Waals surface area contributed by atoms with Gasteiger partial charge in [-0.25, -0.2) is 9.37 Å². The van der Waals surface area contributed by atoms with Gasteiger partial charge in [-0.05, 0) is 0 Å². The van der Waals surface area contributed by atoms with E-state index in [0.29, 0.717) is 0 Å². The molecule has 0 amide bonds. The topological polar surface area (TPSA) is 81.5 Å². The second-order valence-electron chi connectivity index (χ2n) is 3.05. The zero-order valence-electron chi connectivity index (χ0n) is 9.02. The summed E-state index contributed by atoms with van der Waals surface area (Å²) in [7, 11) is 1.62. The SMILES string of the molecule is CNc1ncc(F)c(N(CCO)CCO)n1. The van der Waals surface area contributed by atoms with E-state index >= 15 is 0 Å². The molecule has 0 bridgehead atoms. The molecular weight excluding hydrogens is 215 g/mol. The van der Waals surface area contributed by atoms with Crippen LogP contribution in [0.25, 0.3) is 0 Å². The molecule has 0 unspecified atom stereocenters. The summed E-state index contributed by atoms with van der Waals surface area (Å²) >= 11 is 0. The number of halogens is 1. The van der Waals surface area contributed by atoms with Crippen molar-refractivity contribution in [3.8, 4) is 0 Å². The maximum absolute atomic E-state index is 13.4. The summed E-state index contributed by atoms with van der Waals surface area (Å²) in [4.78, 5) is 9.10. The highest BCUT2D eigenvalue weighted by Gasteiger charge is 2.13. The maximum atomic E-state index is 13.4. The van der Waals surface area contributed by atoms with Gasteiger partial charge in [-0.3, -0.25) is 0 Å². The molecule has 3 N–H and O–H groups in total. The van der Waals surface area contributed by atoms with E-state index < -0.39 is 5.82 Å². The van der Waals surface area contributed by atoms with Gasteiger partial charge in [-0.2, -0.15) is 4.98 Å². The molecule has 0 radical (unpaired) electrons. The van der Waals surface area contributed by atoms with Crippen LogP contribution in [-0.4, -0.2) is 53.5 Å². The molecule has 0 saturated heterocycles. The van der Waals surface area contributed by atoms with Gasteiger partial charge in [-0.15, -0.1) is 0 Å². The molecule has 16 heavy (non-hydrogen) atoms. The van der Waals surface area contributed by atoms with Crippen molar-refractivity contribution >= 4 is 11.8 Å². The predicted octanol–water partition coefficient (Wildman–Crippen LogP) is -0.552. The normalized spacial score (nSPS) is 10.2. The zero-order chi connectivity index (χ0) is 12.0. The van der Waals surface area contributed by atoms with E-state index in [2.05, 4.69) is 15.3 Å². The van der Waals surface area contributed by atoms with Crippen LogP contribution >= 0.6 is 0 Å². The van der Waals surface area contributed by atoms with E-state index in [9.17, 15) is 4.39 Å². The number of hydrogen-bond acceptors (Lipinski definition) is 6. The number of nitrogens with zero attached hydrogens (tertiary/aromatic N) is 3. The second-order valence-corrected chi connectivity index (χ2v) is 3.05. The van der Waals surface area contributed by atoms with Crippen LogP contribution in [0.4, 0.5) is 16.2 Å². The molecule has 0 aliphatic heterocycles. The van der Waals surface area contributed by atoms with Crippen molar-refractivity contribution in [2.45, 2.75) is 0 Å². The minimum atomic E-state index is -0.582. The smallest absolute Gasteiger partial charge is 0.224 e. The summed E-state index contributed by atoms with van der Waals surface area (Å²) < 4.78 is 13.4. The Balaban J connectivity index is 2.96. The van der Waals surface area contributed by atoms with Crippen LogP contribution in [0.5, 0.6) is 0 Å². The number of aromatic nitrogens is 2. The molecule has 90 valence electrons. The van der Waals surface area contributed by atoms with Gasteiger partial charge in [0.15, 0.2) is 11.6 Å². The van der Waals surface area contributed by atoms with E-state index in [-0.39, 0.29) is 38.1 Å². The third kappa shape index (κ3) is 3.01. The predicted molar refractivity (Wildman–Crippen MR) is 57.9 cm³/mol. The maximum Gasteiger partial charge on any atom is 0.224 e. The van der Waals surface area contributed by atoms with Crippen LogP contribution in [0.2, 0.25) is 0 Å². The summed E-state index contributed by atoms with van der Waals surface area (Å²) in [6.45, 7) is 0.131. The lowest BCUT2D eigenvalue weighted by molar-refractivity contribution is 0.280. The molecule has 0 spiro atoms. The van der Waals surface area contributed by atoms with Crippen LogP contribution in [0.1, 0.15) is 0 Å². The van der Waals surface area contributed by atoms with Crippen molar-refractivity contribution in [1.82, 2.24) is 9.97 Å². The molecular formula is C9H15FN4O2. The lowest BCUT2D eigenvalue weighted by Crippen LogP contribution is -2.31. The van der Waals surface area contributed by atoms with E-state index in [1.165, 1.54) is 4.90 Å². The van der Waals surface area contributed by atoms with Gasteiger partial charge < -0.3 is 20.4 Å². The summed E-state index contributed by atoms with van der Waals surface area (Å²) in [5, 5.41) is 20.4. The standard InChI is InChI=1S/C9H15FN4O2/c1-11-9-12-6-7(10)8(13-9)14(2-4-15)3-5-16/h6,15-16H,2-5H2,1H3,(H,11,12,13). The lowest BCUT2D eigenvalue weighted by atomic mass is 10.4. The Morgan fingerprint density at radius 3 is 2.50 bits per heavy atom. The first-order chi connectivity index (χ1) is 7.72. The first kappa shape index (κ1) is 12.6. The number of hydrogen-bond donors (Lipinski definition) is 3. The molecule has 0 atom stereocenters. The highest BCUT2D eigenvalue weighted by molar-refractivity contribution is 5.43. The quantitative estimate of drug-likeness (QED) is 0.608. The Kier molecular flexibility index (Phi) is 4.87. The molecule has 0 aromatic carbocycles. The Morgan fingerprint density at radius 2 is 2.00 bits per heavy atom. The largest absolute Gasteiger partial charge is 0.395 e. The fourth-order valence-electron chi connectivity index (χ4n) is 1.27. The van der Waals surface area contributed by atoms with Gasteiger partial charge in [0.05, 0.1) is 19.4 Å². The number of aliphatic hydroxyl groups is 2. The molecule has 6 nitrogen and oxygen atoms in total. The fraction of sp³-hybridized carbons (Fsp3) is 0.556. The third-order valence-electron chi connectivity index (χ3n) is 1.99. The molecule has 0 aliphatic rings. The molecule has 7 heteroatoms. The van der Waals surface area contributed by atoms with Gasteiger partial charge in [0.1, 0.15) is 0 Å². The summed E-state index contributed by atoms with van der Waals surface area (Å²) in [6.07, 6.45) is 1.05. The van der Waals surface area contributed by atoms with Gasteiger partial charge in [0, 0.05) is 20.1 Å². The Morgan fingerprint density at radius 1 is 1.38 bits per heavy atom. The first-order valence-electron chi connectivity index (χ1n) is 4.90. The van der Waals surface area contributed by atoms with Gasteiger partial charge in [-0.1, -0.05) is 0 Å². The fourth-order valence-corrected chi connectivity index (χ4v) is 1.27. The average molecular weight is 230 g/mol. The highest BCUT2D eigenvalue weighted by atomic mass is 19.1. The van der Waals surface area contributed by atoms with E-state index in [4.69, 9.17) is 10.2 Å². The number of nitrogens with one attached hydrogen (secondary N) is 1. The number of anilines is 2. The van der Waals surface area contributed by atoms with Crippen LogP contribution in [-0.2, 0) is 0 Å². The minimum absolute atomic E-state index is 0.0717. The minimum Gasteiger partial charge on any atom is -0.395 e. The van der Waals surface area contributed by atoms with Crippen LogP contribution in [0.3, 0.4) is 0 Å². The Bertz CT molecular complexity index is 331. The molecule has 0 aliphatic carbocycles. The van der Waals surface area contributed by atoms with Crippen molar-refractivity contribution in [1.29, 1.82) is 0 Å². The lowest BCUT2D eigenvalue weighted by Gasteiger charge is -2.22. The van der Waals surface area contributed by atoms with E-state index in [1.54, 1.807) is 7.05 Å². The molecule has 0 saturated carbocycles. The Labute approximate surface area is 92.8 Å². The molecule has 1 aromatic heterocycles. The van der Waals surface area contributed by atoms with Crippen molar-refractivity contribution in [3.05, 3.63) is 12.0 Å². The van der Waals surface area contributed by atoms with Crippen LogP contribution < -0.4 is 10.2 Å². The first-order valence-corrected chi connectivity index (χ1v) is 4.90. The van der Waals surface area contributed by atoms with Crippen LogP contribution in [0.15, 0.2) is 6.20 Å². The van der Waals surface area contributed by atoms with Gasteiger partial charge >= 0.3 is 0 Å². The zero-order valence-corrected chi connectivity index (χ0v) is 9.02. The third-order valence-corrected chi connectivity index (χ3v) is 1.99. The van der Waals surface area contributed by atoms with Crippen molar-refractivity contribution in [2.24, 2.45) is 0 Å². The van der Waals surface area contributed by atoms with E-state index in [1.807, 2.05) is 0 Å². The van der Waals surface area contributed by atoms with Crippen molar-refractivity contribution < 1.29 is 14.6 Å². The molecule has 1 rings (SSSR count). The van der Waals surface area contributed by atoms with Crippen molar-refractivity contribution in [3.63, 3.8) is 0 Å². The summed E-state index contributed by atoms with van der Waals surface area (Å²) in [5.74, 6) is -0.222. The average Bonchev–Trinajstić information content (AvgIpc) is 2.29. The summed E-state index contributed by atoms with van der Waals surface area (Å²) in [6, 6.07) is 0. The number of rotatable bonds is 6. The van der Waals surface area contributed by atoms with Crippen LogP contribution in [0, 0.1) is 5.82 Å². The Hall–Kier alpha value is -1.47. The molecule has 1 aromatic rings. The molecule has 0 fully saturated rings. The second kappa shape index (κ2) is 6.19. The summed E-state index contributed by atoms with van der Waals surface area (Å²) in [5.41, 5.74) is 0. The highest BCUT2D eigenvalue weighted by Crippen LogP contribution is 2.16. The van der Waals surface area contributed by atoms with Gasteiger partial charge in [0.2, 0.25) is 5.95 Å². The monoisotopic (exact) mass is 230 g/mol. The van der Waals surface area contributed by atoms with E-state index in [0.717, 1.165) is 6.20 Å². The van der Waals surface area contributed by atoms with Crippen molar-refractivity contribution in [2.75, 3.05) is 43.6 Å². The van der Waals surface area contributed by atoms with Gasteiger partial charge in [0.25, 0.3) is 0 Å². The molecule has 1 heterocycles. The number of aliphatic hydroxyl groups excluding tert-OH is 2.